The number of fused-ring (bicyclic) bond motifs is 1. The van der Waals surface area contributed by atoms with Crippen LogP contribution in [0.5, 0.6) is 0 Å². The van der Waals surface area contributed by atoms with Gasteiger partial charge in [0, 0.05) is 12.1 Å². The monoisotopic (exact) mass is 384 g/mol. The normalized spacial score (nSPS) is 14.7. The lowest BCUT2D eigenvalue weighted by Crippen LogP contribution is -2.13. The molecule has 1 aliphatic rings. The predicted octanol–water partition coefficient (Wildman–Crippen LogP) is 5.94. The van der Waals surface area contributed by atoms with Crippen LogP contribution in [-0.2, 0) is 6.18 Å². The van der Waals surface area contributed by atoms with E-state index in [9.17, 15) is 13.2 Å². The first kappa shape index (κ1) is 17.8. The molecule has 1 heterocycles. The zero-order valence-corrected chi connectivity index (χ0v) is 14.4. The molecular formula is C18H13Cl2F3N2. The Hall–Kier alpha value is -1.98. The molecule has 25 heavy (non-hydrogen) atoms. The highest BCUT2D eigenvalue weighted by atomic mass is 35.5. The molecule has 130 valence electrons. The van der Waals surface area contributed by atoms with Crippen LogP contribution in [0.2, 0.25) is 10.0 Å². The molecule has 0 fully saturated rings. The number of anilines is 1. The van der Waals surface area contributed by atoms with E-state index in [-0.39, 0.29) is 5.69 Å². The fourth-order valence-corrected chi connectivity index (χ4v) is 2.88. The number of hydrogen-bond acceptors (Lipinski definition) is 2. The van der Waals surface area contributed by atoms with Gasteiger partial charge in [-0.15, -0.1) is 0 Å². The maximum absolute atomic E-state index is 13.2. The lowest BCUT2D eigenvalue weighted by molar-refractivity contribution is -0.136. The summed E-state index contributed by atoms with van der Waals surface area (Å²) in [6, 6.07) is 9.20. The fourth-order valence-electron chi connectivity index (χ4n) is 2.57. The topological polar surface area (TPSA) is 24.4 Å². The van der Waals surface area contributed by atoms with Gasteiger partial charge in [-0.1, -0.05) is 47.5 Å². The molecule has 0 saturated carbocycles. The Morgan fingerprint density at radius 3 is 2.56 bits per heavy atom. The zero-order valence-electron chi connectivity index (χ0n) is 12.9. The number of rotatable bonds is 2. The van der Waals surface area contributed by atoms with Gasteiger partial charge in [0.05, 0.1) is 33.6 Å². The van der Waals surface area contributed by atoms with Crippen molar-refractivity contribution in [3.8, 4) is 0 Å². The van der Waals surface area contributed by atoms with E-state index in [0.29, 0.717) is 34.4 Å². The van der Waals surface area contributed by atoms with Gasteiger partial charge in [0.15, 0.2) is 0 Å². The molecule has 2 nitrogen and oxygen atoms in total. The summed E-state index contributed by atoms with van der Waals surface area (Å²) in [4.78, 5) is 4.38. The van der Waals surface area contributed by atoms with Crippen molar-refractivity contribution in [2.75, 3.05) is 18.4 Å². The van der Waals surface area contributed by atoms with Crippen molar-refractivity contribution in [1.82, 2.24) is 0 Å². The maximum Gasteiger partial charge on any atom is 0.418 e. The van der Waals surface area contributed by atoms with Crippen molar-refractivity contribution in [3.63, 3.8) is 0 Å². The third kappa shape index (κ3) is 3.99. The lowest BCUT2D eigenvalue weighted by atomic mass is 10.0. The molecule has 0 aromatic heterocycles. The third-order valence-corrected chi connectivity index (χ3v) is 4.46. The van der Waals surface area contributed by atoms with Gasteiger partial charge in [-0.25, -0.2) is 0 Å². The highest BCUT2D eigenvalue weighted by Crippen LogP contribution is 2.37. The number of para-hydroxylation sites is 1. The van der Waals surface area contributed by atoms with Crippen molar-refractivity contribution < 1.29 is 13.2 Å². The Morgan fingerprint density at radius 1 is 1.04 bits per heavy atom. The minimum absolute atomic E-state index is 0.0602. The van der Waals surface area contributed by atoms with Crippen LogP contribution in [0.4, 0.5) is 18.9 Å². The highest BCUT2D eigenvalue weighted by Gasteiger charge is 2.35. The van der Waals surface area contributed by atoms with E-state index in [1.165, 1.54) is 6.07 Å². The van der Waals surface area contributed by atoms with Crippen LogP contribution in [0, 0.1) is 0 Å². The molecule has 0 aliphatic carbocycles. The van der Waals surface area contributed by atoms with Crippen LogP contribution in [0.15, 0.2) is 47.5 Å². The fraction of sp³-hybridized carbons (Fsp3) is 0.167. The van der Waals surface area contributed by atoms with E-state index < -0.39 is 11.7 Å². The lowest BCUT2D eigenvalue weighted by Gasteiger charge is -2.16. The molecule has 0 radical (unpaired) electrons. The molecule has 0 bridgehead atoms. The number of benzodiazepines with no additional fused rings is 1. The van der Waals surface area contributed by atoms with Gasteiger partial charge in [0.1, 0.15) is 0 Å². The SMILES string of the molecule is FC(F)(F)c1cccc2c1NCCN=C2/C=C/c1ccc(Cl)c(Cl)c1. The predicted molar refractivity (Wildman–Crippen MR) is 96.8 cm³/mol. The Bertz CT molecular complexity index is 858. The average molecular weight is 385 g/mol. The standard InChI is InChI=1S/C18H13Cl2F3N2/c19-14-6-4-11(10-15(14)20)5-7-16-12-2-1-3-13(18(21,22)23)17(12)25-9-8-24-16/h1-7,10,25H,8-9H2/b7-5+. The molecule has 2 aromatic carbocycles. The van der Waals surface area contributed by atoms with Gasteiger partial charge in [0.2, 0.25) is 0 Å². The Balaban J connectivity index is 2.00. The second-order valence-electron chi connectivity index (χ2n) is 5.43. The summed E-state index contributed by atoms with van der Waals surface area (Å²) in [6.45, 7) is 0.719. The number of alkyl halides is 3. The van der Waals surface area contributed by atoms with Crippen LogP contribution in [0.25, 0.3) is 6.08 Å². The largest absolute Gasteiger partial charge is 0.418 e. The van der Waals surface area contributed by atoms with E-state index in [1.807, 2.05) is 0 Å². The van der Waals surface area contributed by atoms with E-state index in [2.05, 4.69) is 10.3 Å². The molecule has 2 aromatic rings. The Kier molecular flexibility index (Phi) is 5.06. The van der Waals surface area contributed by atoms with Gasteiger partial charge in [-0.2, -0.15) is 13.2 Å². The molecule has 3 rings (SSSR count). The van der Waals surface area contributed by atoms with Crippen LogP contribution < -0.4 is 5.32 Å². The van der Waals surface area contributed by atoms with Crippen LogP contribution >= 0.6 is 23.2 Å². The summed E-state index contributed by atoms with van der Waals surface area (Å²) >= 11 is 11.9. The number of nitrogens with zero attached hydrogens (tertiary/aromatic N) is 1. The molecule has 1 N–H and O–H groups in total. The first-order chi connectivity index (χ1) is 11.9. The van der Waals surface area contributed by atoms with E-state index in [4.69, 9.17) is 23.2 Å². The second-order valence-corrected chi connectivity index (χ2v) is 6.24. The summed E-state index contributed by atoms with van der Waals surface area (Å²) in [5.74, 6) is 0. The van der Waals surface area contributed by atoms with Crippen LogP contribution in [-0.4, -0.2) is 18.8 Å². The van der Waals surface area contributed by atoms with Crippen molar-refractivity contribution in [2.24, 2.45) is 4.99 Å². The summed E-state index contributed by atoms with van der Waals surface area (Å²) in [5.41, 5.74) is 1.05. The van der Waals surface area contributed by atoms with Crippen molar-refractivity contribution in [2.45, 2.75) is 6.18 Å². The molecule has 0 spiro atoms. The van der Waals surface area contributed by atoms with Crippen molar-refractivity contribution >= 4 is 40.7 Å². The zero-order chi connectivity index (χ0) is 18.0. The molecule has 0 unspecified atom stereocenters. The minimum atomic E-state index is -4.43. The Labute approximate surface area is 153 Å². The number of hydrogen-bond donors (Lipinski definition) is 1. The maximum atomic E-state index is 13.2. The Morgan fingerprint density at radius 2 is 1.84 bits per heavy atom. The highest BCUT2D eigenvalue weighted by molar-refractivity contribution is 6.42. The summed E-state index contributed by atoms with van der Waals surface area (Å²) in [7, 11) is 0. The third-order valence-electron chi connectivity index (χ3n) is 3.72. The molecular weight excluding hydrogens is 372 g/mol. The summed E-state index contributed by atoms with van der Waals surface area (Å²) < 4.78 is 39.7. The number of benzene rings is 2. The second kappa shape index (κ2) is 7.10. The van der Waals surface area contributed by atoms with E-state index >= 15 is 0 Å². The number of allylic oxidation sites excluding steroid dienone is 1. The summed E-state index contributed by atoms with van der Waals surface area (Å²) in [6.07, 6.45) is -0.997. The van der Waals surface area contributed by atoms with E-state index in [0.717, 1.165) is 11.6 Å². The van der Waals surface area contributed by atoms with Gasteiger partial charge < -0.3 is 5.32 Å². The van der Waals surface area contributed by atoms with Crippen LogP contribution in [0.1, 0.15) is 16.7 Å². The number of nitrogens with one attached hydrogen (secondary N) is 1. The van der Waals surface area contributed by atoms with E-state index in [1.54, 1.807) is 36.4 Å². The molecule has 0 saturated heterocycles. The van der Waals surface area contributed by atoms with Gasteiger partial charge >= 0.3 is 6.18 Å². The summed E-state index contributed by atoms with van der Waals surface area (Å²) in [5, 5.41) is 3.69. The number of halogens is 5. The average Bonchev–Trinajstić information content (AvgIpc) is 2.77. The van der Waals surface area contributed by atoms with Crippen LogP contribution in [0.3, 0.4) is 0 Å². The van der Waals surface area contributed by atoms with Gasteiger partial charge in [-0.05, 0) is 29.8 Å². The number of aliphatic imine (C=N–C) groups is 1. The first-order valence-corrected chi connectivity index (χ1v) is 8.24. The first-order valence-electron chi connectivity index (χ1n) is 7.48. The molecule has 0 atom stereocenters. The molecule has 7 heteroatoms. The van der Waals surface area contributed by atoms with Gasteiger partial charge in [-0.3, -0.25) is 4.99 Å². The van der Waals surface area contributed by atoms with Gasteiger partial charge in [0.25, 0.3) is 0 Å². The molecule has 1 aliphatic heterocycles. The molecule has 0 amide bonds. The van der Waals surface area contributed by atoms with Crippen molar-refractivity contribution in [3.05, 3.63) is 69.2 Å². The smallest absolute Gasteiger partial charge is 0.382 e. The quantitative estimate of drug-likeness (QED) is 0.680. The minimum Gasteiger partial charge on any atom is -0.382 e. The van der Waals surface area contributed by atoms with Crippen molar-refractivity contribution in [1.29, 1.82) is 0 Å².